The van der Waals surface area contributed by atoms with E-state index < -0.39 is 58.4 Å². The molecule has 0 bridgehead atoms. The fraction of sp³-hybridized carbons (Fsp3) is 0.393. The maximum Gasteiger partial charge on any atom is 0.421 e. The van der Waals surface area contributed by atoms with Gasteiger partial charge in [0.05, 0.1) is 18.2 Å². The third-order valence-electron chi connectivity index (χ3n) is 6.87. The lowest BCUT2D eigenvalue weighted by Crippen LogP contribution is -2.68. The van der Waals surface area contributed by atoms with Gasteiger partial charge in [0, 0.05) is 22.1 Å². The molecule has 0 aromatic heterocycles. The van der Waals surface area contributed by atoms with Crippen LogP contribution in [-0.4, -0.2) is 47.3 Å². The summed E-state index contributed by atoms with van der Waals surface area (Å²) < 4.78 is 11.2. The zero-order chi connectivity index (χ0) is 28.0. The van der Waals surface area contributed by atoms with Gasteiger partial charge in [-0.3, -0.25) is 19.2 Å². The molecule has 4 rings (SSSR count). The highest BCUT2D eigenvalue weighted by Gasteiger charge is 2.79. The average Bonchev–Trinajstić information content (AvgIpc) is 3.25. The number of amides is 2. The van der Waals surface area contributed by atoms with Crippen LogP contribution < -0.4 is 10.2 Å². The van der Waals surface area contributed by atoms with E-state index in [1.807, 2.05) is 0 Å². The molecule has 1 spiro atoms. The fourth-order valence-electron chi connectivity index (χ4n) is 5.59. The van der Waals surface area contributed by atoms with Crippen molar-refractivity contribution in [3.63, 3.8) is 0 Å². The molecule has 1 N–H and O–H groups in total. The van der Waals surface area contributed by atoms with Crippen LogP contribution in [0.5, 0.6) is 0 Å². The number of ether oxygens (including phenoxy) is 2. The topological polar surface area (TPSA) is 119 Å². The number of rotatable bonds is 5. The number of para-hydroxylation sites is 1. The Bertz CT molecular complexity index is 1340. The summed E-state index contributed by atoms with van der Waals surface area (Å²) in [7, 11) is 0. The van der Waals surface area contributed by atoms with Crippen molar-refractivity contribution in [2.24, 2.45) is 5.92 Å². The summed E-state index contributed by atoms with van der Waals surface area (Å²) in [4.78, 5) is 70.2. The average molecular weight is 585 g/mol. The first kappa shape index (κ1) is 27.5. The van der Waals surface area contributed by atoms with Crippen LogP contribution in [-0.2, 0) is 34.1 Å². The Labute approximate surface area is 229 Å². The number of hydrogen-bond acceptors (Lipinski definition) is 8. The number of nitrogens with one attached hydrogen (secondary N) is 1. The number of benzene rings is 2. The molecule has 1 saturated carbocycles. The van der Waals surface area contributed by atoms with Crippen LogP contribution in [0.2, 0.25) is 0 Å². The van der Waals surface area contributed by atoms with E-state index in [1.165, 1.54) is 13.0 Å². The number of halogens is 1. The van der Waals surface area contributed by atoms with Gasteiger partial charge >= 0.3 is 12.1 Å². The Hall–Kier alpha value is -3.53. The predicted octanol–water partition coefficient (Wildman–Crippen LogP) is 4.56. The highest BCUT2D eigenvalue weighted by Crippen LogP contribution is 2.61. The molecule has 9 nitrogen and oxygen atoms in total. The van der Waals surface area contributed by atoms with Crippen molar-refractivity contribution < 1.29 is 33.4 Å². The quantitative estimate of drug-likeness (QED) is 0.401. The number of esters is 1. The lowest BCUT2D eigenvalue weighted by molar-refractivity contribution is -0.153. The number of imide groups is 1. The molecule has 0 radical (unpaired) electrons. The van der Waals surface area contributed by atoms with Crippen molar-refractivity contribution in [3.05, 3.63) is 58.6 Å². The van der Waals surface area contributed by atoms with E-state index in [-0.39, 0.29) is 17.9 Å². The summed E-state index contributed by atoms with van der Waals surface area (Å²) in [5.41, 5.74) is -4.66. The van der Waals surface area contributed by atoms with Crippen molar-refractivity contribution in [3.8, 4) is 0 Å². The SMILES string of the molecule is CCOC(=O)[C@@H]1CC(=O)[C@](Nc2ccccc2)(C(C)=O)[C@@]12C(=O)N(C(=O)OC(C)(C)C)c1cccc(Br)c12. The second kappa shape index (κ2) is 9.65. The number of nitrogens with zero attached hydrogens (tertiary/aromatic N) is 1. The highest BCUT2D eigenvalue weighted by molar-refractivity contribution is 9.10. The fourth-order valence-corrected chi connectivity index (χ4v) is 6.25. The number of Topliss-reactive ketones (excluding diaryl/α,β-unsaturated/α-hetero) is 2. The number of carbonyl (C=O) groups excluding carboxylic acids is 5. The molecule has 2 aromatic rings. The largest absolute Gasteiger partial charge is 0.466 e. The predicted molar refractivity (Wildman–Crippen MR) is 143 cm³/mol. The van der Waals surface area contributed by atoms with Crippen LogP contribution >= 0.6 is 15.9 Å². The summed E-state index contributed by atoms with van der Waals surface area (Å²) in [6.45, 7) is 7.75. The first-order valence-corrected chi connectivity index (χ1v) is 13.0. The first-order chi connectivity index (χ1) is 17.8. The lowest BCUT2D eigenvalue weighted by Gasteiger charge is -2.42. The van der Waals surface area contributed by atoms with Crippen molar-refractivity contribution in [1.82, 2.24) is 0 Å². The Kier molecular flexibility index (Phi) is 6.98. The molecule has 2 aromatic carbocycles. The van der Waals surface area contributed by atoms with E-state index in [1.54, 1.807) is 70.2 Å². The summed E-state index contributed by atoms with van der Waals surface area (Å²) in [6, 6.07) is 13.2. The molecule has 1 aliphatic heterocycles. The highest BCUT2D eigenvalue weighted by atomic mass is 79.9. The minimum absolute atomic E-state index is 0.00836. The molecule has 10 heteroatoms. The molecule has 38 heavy (non-hydrogen) atoms. The normalized spacial score (nSPS) is 24.4. The van der Waals surface area contributed by atoms with E-state index >= 15 is 0 Å². The molecule has 1 heterocycles. The number of ketones is 2. The number of carbonyl (C=O) groups is 5. The maximum atomic E-state index is 14.7. The van der Waals surface area contributed by atoms with Crippen molar-refractivity contribution in [2.45, 2.75) is 57.6 Å². The van der Waals surface area contributed by atoms with Gasteiger partial charge in [-0.2, -0.15) is 0 Å². The van der Waals surface area contributed by atoms with E-state index in [0.717, 1.165) is 4.90 Å². The Morgan fingerprint density at radius 2 is 1.74 bits per heavy atom. The minimum atomic E-state index is -2.22. The Morgan fingerprint density at radius 1 is 1.08 bits per heavy atom. The maximum absolute atomic E-state index is 14.7. The number of fused-ring (bicyclic) bond motifs is 2. The molecule has 1 aliphatic carbocycles. The summed E-state index contributed by atoms with van der Waals surface area (Å²) in [5, 5.41) is 3.04. The van der Waals surface area contributed by atoms with Gasteiger partial charge in [0.1, 0.15) is 11.0 Å². The monoisotopic (exact) mass is 584 g/mol. The molecule has 1 fully saturated rings. The van der Waals surface area contributed by atoms with Gasteiger partial charge in [-0.15, -0.1) is 0 Å². The van der Waals surface area contributed by atoms with Crippen molar-refractivity contribution >= 4 is 56.8 Å². The van der Waals surface area contributed by atoms with E-state index in [9.17, 15) is 24.0 Å². The molecular formula is C28H29BrN2O7. The van der Waals surface area contributed by atoms with Gasteiger partial charge in [-0.25, -0.2) is 9.69 Å². The van der Waals surface area contributed by atoms with Crippen LogP contribution in [0.15, 0.2) is 53.0 Å². The number of anilines is 2. The van der Waals surface area contributed by atoms with Gasteiger partial charge in [-0.1, -0.05) is 40.2 Å². The molecule has 2 aliphatic rings. The van der Waals surface area contributed by atoms with Crippen LogP contribution in [0.3, 0.4) is 0 Å². The molecule has 3 atom stereocenters. The Balaban J connectivity index is 2.10. The zero-order valence-corrected chi connectivity index (χ0v) is 23.4. The standard InChI is InChI=1S/C28H29BrN2O7/c1-6-37-23(34)18-15-21(33)28(16(2)32,30-17-11-8-7-9-12-17)27(18)22-19(29)13-10-14-20(22)31(24(27)35)25(36)38-26(3,4)5/h7-14,18,30H,6,15H2,1-5H3/t18-,27-,28+/m0/s1. The first-order valence-electron chi connectivity index (χ1n) is 12.2. The van der Waals surface area contributed by atoms with Crippen LogP contribution in [0.25, 0.3) is 0 Å². The van der Waals surface area contributed by atoms with Crippen LogP contribution in [0.1, 0.15) is 46.6 Å². The molecule has 0 saturated heterocycles. The second-order valence-corrected chi connectivity index (χ2v) is 11.1. The van der Waals surface area contributed by atoms with E-state index in [4.69, 9.17) is 9.47 Å². The molecule has 2 amide bonds. The smallest absolute Gasteiger partial charge is 0.421 e. The van der Waals surface area contributed by atoms with Gasteiger partial charge < -0.3 is 14.8 Å². The number of hydrogen-bond donors (Lipinski definition) is 1. The molecule has 200 valence electrons. The van der Waals surface area contributed by atoms with E-state index in [0.29, 0.717) is 10.2 Å². The van der Waals surface area contributed by atoms with Crippen LogP contribution in [0.4, 0.5) is 16.2 Å². The van der Waals surface area contributed by atoms with Crippen molar-refractivity contribution in [1.29, 1.82) is 0 Å². The van der Waals surface area contributed by atoms with Gasteiger partial charge in [0.2, 0.25) is 0 Å². The molecular weight excluding hydrogens is 556 g/mol. The molecule has 0 unspecified atom stereocenters. The Morgan fingerprint density at radius 3 is 2.32 bits per heavy atom. The van der Waals surface area contributed by atoms with E-state index in [2.05, 4.69) is 21.2 Å². The second-order valence-electron chi connectivity index (χ2n) is 10.3. The van der Waals surface area contributed by atoms with Crippen LogP contribution in [0, 0.1) is 5.92 Å². The summed E-state index contributed by atoms with van der Waals surface area (Å²) >= 11 is 3.49. The van der Waals surface area contributed by atoms with Gasteiger partial charge in [0.25, 0.3) is 5.91 Å². The van der Waals surface area contributed by atoms with Gasteiger partial charge in [0.15, 0.2) is 17.1 Å². The third-order valence-corrected chi connectivity index (χ3v) is 7.53. The lowest BCUT2D eigenvalue weighted by atomic mass is 9.61. The summed E-state index contributed by atoms with van der Waals surface area (Å²) in [5.74, 6) is -4.48. The van der Waals surface area contributed by atoms with Gasteiger partial charge in [-0.05, 0) is 58.9 Å². The minimum Gasteiger partial charge on any atom is -0.466 e. The summed E-state index contributed by atoms with van der Waals surface area (Å²) in [6.07, 6.45) is -1.44. The zero-order valence-electron chi connectivity index (χ0n) is 21.8. The third kappa shape index (κ3) is 3.93. The van der Waals surface area contributed by atoms with Crippen molar-refractivity contribution in [2.75, 3.05) is 16.8 Å².